The highest BCUT2D eigenvalue weighted by Gasteiger charge is 2.18. The molecule has 0 aliphatic rings. The molecule has 0 saturated heterocycles. The second kappa shape index (κ2) is 7.04. The van der Waals surface area contributed by atoms with Gasteiger partial charge in [0.1, 0.15) is 0 Å². The molecule has 0 heterocycles. The predicted molar refractivity (Wildman–Crippen MR) is 77.1 cm³/mol. The number of rotatable bonds is 5. The Hall–Kier alpha value is -0.900. The van der Waals surface area contributed by atoms with Gasteiger partial charge in [-0.15, -0.1) is 0 Å². The Labute approximate surface area is 127 Å². The molecule has 1 unspecified atom stereocenters. The van der Waals surface area contributed by atoms with E-state index in [-0.39, 0.29) is 21.4 Å². The van der Waals surface area contributed by atoms with Gasteiger partial charge in [0.25, 0.3) is 0 Å². The van der Waals surface area contributed by atoms with Gasteiger partial charge in [0.15, 0.2) is 5.75 Å². The van der Waals surface area contributed by atoms with Crippen molar-refractivity contribution < 1.29 is 14.3 Å². The number of ether oxygens (including phenoxy) is 2. The second-order valence-electron chi connectivity index (χ2n) is 3.84. The summed E-state index contributed by atoms with van der Waals surface area (Å²) in [5, 5.41) is 0.902. The summed E-state index contributed by atoms with van der Waals surface area (Å²) in [7, 11) is 0. The van der Waals surface area contributed by atoms with Crippen LogP contribution in [-0.4, -0.2) is 12.3 Å². The molecule has 3 nitrogen and oxygen atoms in total. The number of halogens is 3. The lowest BCUT2D eigenvalue weighted by atomic mass is 10.3. The van der Waals surface area contributed by atoms with Crippen LogP contribution in [0.1, 0.15) is 20.3 Å². The molecule has 0 N–H and O–H groups in total. The molecule has 0 amide bonds. The zero-order chi connectivity index (χ0) is 14.6. The van der Waals surface area contributed by atoms with Crippen LogP contribution in [0, 0.1) is 0 Å². The monoisotopic (exact) mass is 322 g/mol. The standard InChI is InChI=1S/C13H13Cl3O3/c1-4-11(19-13(17)7(2)3)18-12-9(15)5-8(14)6-10(12)16/h5-6,11H,2,4H2,1,3H3. The lowest BCUT2D eigenvalue weighted by Gasteiger charge is -2.19. The van der Waals surface area contributed by atoms with Crippen molar-refractivity contribution in [2.24, 2.45) is 0 Å². The van der Waals surface area contributed by atoms with Crippen molar-refractivity contribution in [2.75, 3.05) is 0 Å². The first-order valence-corrected chi connectivity index (χ1v) is 6.66. The molecular weight excluding hydrogens is 310 g/mol. The first-order valence-electron chi connectivity index (χ1n) is 5.52. The molecule has 0 fully saturated rings. The number of carbonyl (C=O) groups is 1. The van der Waals surface area contributed by atoms with Gasteiger partial charge in [-0.2, -0.15) is 0 Å². The van der Waals surface area contributed by atoms with E-state index in [4.69, 9.17) is 44.3 Å². The minimum Gasteiger partial charge on any atom is -0.452 e. The van der Waals surface area contributed by atoms with E-state index in [1.165, 1.54) is 12.1 Å². The molecule has 0 spiro atoms. The van der Waals surface area contributed by atoms with Crippen LogP contribution in [0.15, 0.2) is 24.3 Å². The number of carbonyl (C=O) groups excluding carboxylic acids is 1. The van der Waals surface area contributed by atoms with Crippen LogP contribution in [0.3, 0.4) is 0 Å². The first kappa shape index (κ1) is 16.2. The summed E-state index contributed by atoms with van der Waals surface area (Å²) in [6.45, 7) is 6.85. The number of hydrogen-bond donors (Lipinski definition) is 0. The van der Waals surface area contributed by atoms with Crippen LogP contribution in [0.2, 0.25) is 15.1 Å². The van der Waals surface area contributed by atoms with E-state index in [0.29, 0.717) is 11.4 Å². The fourth-order valence-corrected chi connectivity index (χ4v) is 2.09. The van der Waals surface area contributed by atoms with Gasteiger partial charge < -0.3 is 9.47 Å². The van der Waals surface area contributed by atoms with Crippen molar-refractivity contribution in [1.82, 2.24) is 0 Å². The minimum atomic E-state index is -0.791. The number of benzene rings is 1. The van der Waals surface area contributed by atoms with E-state index in [1.807, 2.05) is 0 Å². The van der Waals surface area contributed by atoms with Crippen molar-refractivity contribution in [1.29, 1.82) is 0 Å². The third-order valence-electron chi connectivity index (χ3n) is 2.13. The Morgan fingerprint density at radius 1 is 1.32 bits per heavy atom. The molecule has 0 bridgehead atoms. The molecule has 104 valence electrons. The van der Waals surface area contributed by atoms with Gasteiger partial charge in [0, 0.05) is 17.0 Å². The molecule has 0 aromatic heterocycles. The molecule has 0 aliphatic carbocycles. The SMILES string of the molecule is C=C(C)C(=O)OC(CC)Oc1c(Cl)cc(Cl)cc1Cl. The van der Waals surface area contributed by atoms with Crippen LogP contribution >= 0.6 is 34.8 Å². The zero-order valence-electron chi connectivity index (χ0n) is 10.5. The number of hydrogen-bond acceptors (Lipinski definition) is 3. The molecule has 1 aromatic rings. The lowest BCUT2D eigenvalue weighted by Crippen LogP contribution is -2.24. The van der Waals surface area contributed by atoms with Gasteiger partial charge in [-0.3, -0.25) is 0 Å². The summed E-state index contributed by atoms with van der Waals surface area (Å²) in [5.74, 6) is -0.304. The Bertz CT molecular complexity index is 477. The van der Waals surface area contributed by atoms with Crippen molar-refractivity contribution in [2.45, 2.75) is 26.6 Å². The van der Waals surface area contributed by atoms with Gasteiger partial charge in [-0.25, -0.2) is 4.79 Å². The summed E-state index contributed by atoms with van der Waals surface area (Å²) in [6.07, 6.45) is -0.353. The minimum absolute atomic E-state index is 0.231. The van der Waals surface area contributed by atoms with Crippen LogP contribution in [-0.2, 0) is 9.53 Å². The molecule has 19 heavy (non-hydrogen) atoms. The quantitative estimate of drug-likeness (QED) is 0.440. The van der Waals surface area contributed by atoms with E-state index in [1.54, 1.807) is 13.8 Å². The predicted octanol–water partition coefficient (Wildman–Crippen LogP) is 4.88. The molecular formula is C13H13Cl3O3. The molecule has 1 atom stereocenters. The maximum atomic E-state index is 11.4. The Balaban J connectivity index is 2.87. The average molecular weight is 324 g/mol. The van der Waals surface area contributed by atoms with E-state index >= 15 is 0 Å². The van der Waals surface area contributed by atoms with Crippen LogP contribution in [0.25, 0.3) is 0 Å². The molecule has 0 radical (unpaired) electrons. The van der Waals surface area contributed by atoms with Gasteiger partial charge in [0.05, 0.1) is 10.0 Å². The summed E-state index contributed by atoms with van der Waals surface area (Å²) < 4.78 is 10.6. The fraction of sp³-hybridized carbons (Fsp3) is 0.308. The highest BCUT2D eigenvalue weighted by atomic mass is 35.5. The molecule has 1 aromatic carbocycles. The van der Waals surface area contributed by atoms with Crippen molar-refractivity contribution in [3.63, 3.8) is 0 Å². The molecule has 0 saturated carbocycles. The largest absolute Gasteiger partial charge is 0.452 e. The van der Waals surface area contributed by atoms with Gasteiger partial charge in [-0.05, 0) is 19.1 Å². The van der Waals surface area contributed by atoms with Crippen LogP contribution in [0.5, 0.6) is 5.75 Å². The highest BCUT2D eigenvalue weighted by Crippen LogP contribution is 2.36. The van der Waals surface area contributed by atoms with Gasteiger partial charge in [-0.1, -0.05) is 48.3 Å². The summed E-state index contributed by atoms with van der Waals surface area (Å²) in [4.78, 5) is 11.4. The van der Waals surface area contributed by atoms with E-state index < -0.39 is 12.3 Å². The third-order valence-corrected chi connectivity index (χ3v) is 2.91. The third kappa shape index (κ3) is 4.60. The maximum absolute atomic E-state index is 11.4. The first-order chi connectivity index (χ1) is 8.85. The lowest BCUT2D eigenvalue weighted by molar-refractivity contribution is -0.159. The Morgan fingerprint density at radius 3 is 2.26 bits per heavy atom. The van der Waals surface area contributed by atoms with Gasteiger partial charge >= 0.3 is 5.97 Å². The van der Waals surface area contributed by atoms with E-state index in [0.717, 1.165) is 0 Å². The molecule has 6 heteroatoms. The maximum Gasteiger partial charge on any atom is 0.336 e. The van der Waals surface area contributed by atoms with Crippen molar-refractivity contribution >= 4 is 40.8 Å². The molecule has 1 rings (SSSR count). The summed E-state index contributed by atoms with van der Waals surface area (Å²) in [5.41, 5.74) is 0.287. The summed E-state index contributed by atoms with van der Waals surface area (Å²) in [6, 6.07) is 3.00. The smallest absolute Gasteiger partial charge is 0.336 e. The van der Waals surface area contributed by atoms with E-state index in [9.17, 15) is 4.79 Å². The zero-order valence-corrected chi connectivity index (χ0v) is 12.8. The van der Waals surface area contributed by atoms with E-state index in [2.05, 4.69) is 6.58 Å². The Kier molecular flexibility index (Phi) is 5.98. The number of esters is 1. The fourth-order valence-electron chi connectivity index (χ4n) is 1.18. The average Bonchev–Trinajstić information content (AvgIpc) is 2.31. The highest BCUT2D eigenvalue weighted by molar-refractivity contribution is 6.40. The van der Waals surface area contributed by atoms with Gasteiger partial charge in [0.2, 0.25) is 6.29 Å². The van der Waals surface area contributed by atoms with Crippen molar-refractivity contribution in [3.8, 4) is 5.75 Å². The normalized spacial score (nSPS) is 11.8. The summed E-state index contributed by atoms with van der Waals surface area (Å²) >= 11 is 17.8. The second-order valence-corrected chi connectivity index (χ2v) is 5.09. The van der Waals surface area contributed by atoms with Crippen molar-refractivity contribution in [3.05, 3.63) is 39.4 Å². The van der Waals surface area contributed by atoms with Crippen LogP contribution in [0.4, 0.5) is 0 Å². The Morgan fingerprint density at radius 2 is 1.84 bits per heavy atom. The molecule has 0 aliphatic heterocycles. The topological polar surface area (TPSA) is 35.5 Å². The van der Waals surface area contributed by atoms with Crippen LogP contribution < -0.4 is 4.74 Å².